The SMILES string of the molecule is CCS(=O)(=O)N1CC=C(c2cnc(N)c(C(=O)Nc3cc(C)nn3C)n2)CC1. The summed E-state index contributed by atoms with van der Waals surface area (Å²) in [6, 6.07) is 1.73. The maximum absolute atomic E-state index is 12.6. The van der Waals surface area contributed by atoms with Crippen LogP contribution in [0.25, 0.3) is 5.57 Å². The number of hydrogen-bond donors (Lipinski definition) is 2. The van der Waals surface area contributed by atoms with Crippen molar-refractivity contribution < 1.29 is 13.2 Å². The van der Waals surface area contributed by atoms with Gasteiger partial charge in [-0.15, -0.1) is 0 Å². The Labute approximate surface area is 163 Å². The van der Waals surface area contributed by atoms with E-state index < -0.39 is 15.9 Å². The van der Waals surface area contributed by atoms with Gasteiger partial charge in [-0.25, -0.2) is 18.4 Å². The molecule has 0 fully saturated rings. The smallest absolute Gasteiger partial charge is 0.279 e. The van der Waals surface area contributed by atoms with Crippen LogP contribution in [0.15, 0.2) is 18.3 Å². The molecule has 0 atom stereocenters. The van der Waals surface area contributed by atoms with Crippen LogP contribution < -0.4 is 11.1 Å². The summed E-state index contributed by atoms with van der Waals surface area (Å²) in [6.07, 6.45) is 3.78. The Balaban J connectivity index is 1.82. The van der Waals surface area contributed by atoms with Crippen molar-refractivity contribution in [1.82, 2.24) is 24.1 Å². The molecule has 0 saturated carbocycles. The van der Waals surface area contributed by atoms with Crippen LogP contribution >= 0.6 is 0 Å². The zero-order valence-corrected chi connectivity index (χ0v) is 16.8. The second-order valence-electron chi connectivity index (χ2n) is 6.48. The van der Waals surface area contributed by atoms with Crippen molar-refractivity contribution in [2.75, 3.05) is 29.9 Å². The number of carbonyl (C=O) groups is 1. The van der Waals surface area contributed by atoms with E-state index in [-0.39, 0.29) is 23.8 Å². The topological polar surface area (TPSA) is 136 Å². The molecule has 1 aliphatic heterocycles. The molecule has 3 N–H and O–H groups in total. The van der Waals surface area contributed by atoms with Crippen molar-refractivity contribution in [2.45, 2.75) is 20.3 Å². The molecule has 1 aliphatic rings. The van der Waals surface area contributed by atoms with Gasteiger partial charge in [-0.05, 0) is 25.8 Å². The number of carbonyl (C=O) groups excluding carboxylic acids is 1. The van der Waals surface area contributed by atoms with E-state index in [0.717, 1.165) is 11.3 Å². The molecule has 1 amide bonds. The van der Waals surface area contributed by atoms with Crippen LogP contribution in [0.1, 0.15) is 35.2 Å². The van der Waals surface area contributed by atoms with Gasteiger partial charge in [0.1, 0.15) is 5.82 Å². The molecule has 150 valence electrons. The molecule has 0 radical (unpaired) electrons. The second-order valence-corrected chi connectivity index (χ2v) is 8.73. The van der Waals surface area contributed by atoms with E-state index in [0.29, 0.717) is 24.5 Å². The number of nitrogens with two attached hydrogens (primary N) is 1. The van der Waals surface area contributed by atoms with Gasteiger partial charge < -0.3 is 11.1 Å². The van der Waals surface area contributed by atoms with E-state index in [2.05, 4.69) is 20.4 Å². The number of hydrogen-bond acceptors (Lipinski definition) is 7. The largest absolute Gasteiger partial charge is 0.382 e. The van der Waals surface area contributed by atoms with Gasteiger partial charge in [0.25, 0.3) is 5.91 Å². The predicted octanol–water partition coefficient (Wildman–Crippen LogP) is 0.792. The molecule has 11 heteroatoms. The third kappa shape index (κ3) is 4.04. The maximum atomic E-state index is 12.6. The lowest BCUT2D eigenvalue weighted by Gasteiger charge is -2.25. The summed E-state index contributed by atoms with van der Waals surface area (Å²) in [5.41, 5.74) is 7.98. The second kappa shape index (κ2) is 7.68. The molecule has 0 spiro atoms. The first kappa shape index (κ1) is 20.0. The summed E-state index contributed by atoms with van der Waals surface area (Å²) in [5, 5.41) is 6.90. The first-order valence-corrected chi connectivity index (χ1v) is 10.4. The average molecular weight is 405 g/mol. The Kier molecular flexibility index (Phi) is 5.47. The average Bonchev–Trinajstić information content (AvgIpc) is 2.99. The van der Waals surface area contributed by atoms with Gasteiger partial charge in [0.15, 0.2) is 11.5 Å². The minimum Gasteiger partial charge on any atom is -0.382 e. The summed E-state index contributed by atoms with van der Waals surface area (Å²) in [5.74, 6) is 0.120. The third-order valence-electron chi connectivity index (χ3n) is 4.52. The van der Waals surface area contributed by atoms with Gasteiger partial charge in [0.2, 0.25) is 10.0 Å². The van der Waals surface area contributed by atoms with Crippen LogP contribution in [0.2, 0.25) is 0 Å². The van der Waals surface area contributed by atoms with Crippen LogP contribution in [0.5, 0.6) is 0 Å². The van der Waals surface area contributed by atoms with Gasteiger partial charge in [0, 0.05) is 26.2 Å². The zero-order valence-electron chi connectivity index (χ0n) is 16.0. The Hall–Kier alpha value is -2.79. The van der Waals surface area contributed by atoms with Crippen LogP contribution in [0.4, 0.5) is 11.6 Å². The molecule has 0 aliphatic carbocycles. The van der Waals surface area contributed by atoms with Crippen molar-refractivity contribution in [3.05, 3.63) is 35.4 Å². The number of amides is 1. The summed E-state index contributed by atoms with van der Waals surface area (Å²) in [6.45, 7) is 4.08. The van der Waals surface area contributed by atoms with Crippen LogP contribution in [-0.4, -0.2) is 57.2 Å². The Morgan fingerprint density at radius 2 is 2.14 bits per heavy atom. The maximum Gasteiger partial charge on any atom is 0.279 e. The molecule has 0 saturated heterocycles. The monoisotopic (exact) mass is 405 g/mol. The molecular formula is C17H23N7O3S. The predicted molar refractivity (Wildman–Crippen MR) is 106 cm³/mol. The molecule has 3 heterocycles. The Morgan fingerprint density at radius 3 is 2.71 bits per heavy atom. The van der Waals surface area contributed by atoms with Crippen molar-refractivity contribution in [3.63, 3.8) is 0 Å². The Morgan fingerprint density at radius 1 is 1.39 bits per heavy atom. The lowest BCUT2D eigenvalue weighted by molar-refractivity contribution is 0.102. The minimum atomic E-state index is -3.23. The summed E-state index contributed by atoms with van der Waals surface area (Å²) in [7, 11) is -1.51. The quantitative estimate of drug-likeness (QED) is 0.750. The molecule has 2 aromatic rings. The van der Waals surface area contributed by atoms with E-state index in [1.165, 1.54) is 10.5 Å². The number of nitrogens with one attached hydrogen (secondary N) is 1. The molecule has 0 unspecified atom stereocenters. The number of aromatic nitrogens is 4. The fraction of sp³-hybridized carbons (Fsp3) is 0.412. The fourth-order valence-electron chi connectivity index (χ4n) is 2.94. The lowest BCUT2D eigenvalue weighted by atomic mass is 10.1. The van der Waals surface area contributed by atoms with Gasteiger partial charge >= 0.3 is 0 Å². The van der Waals surface area contributed by atoms with E-state index in [1.807, 2.05) is 6.92 Å². The van der Waals surface area contributed by atoms with Gasteiger partial charge in [-0.2, -0.15) is 9.40 Å². The highest BCUT2D eigenvalue weighted by atomic mass is 32.2. The standard InChI is InChI=1S/C17H23N7O3S/c1-4-28(26,27)24-7-5-12(6-8-24)13-10-19-16(18)15(20-13)17(25)21-14-9-11(2)22-23(14)3/h5,9-10H,4,6-8H2,1-3H3,(H2,18,19)(H,21,25). The normalized spacial score (nSPS) is 15.3. The van der Waals surface area contributed by atoms with Crippen molar-refractivity contribution in [3.8, 4) is 0 Å². The number of rotatable bonds is 5. The number of nitrogens with zero attached hydrogens (tertiary/aromatic N) is 5. The summed E-state index contributed by atoms with van der Waals surface area (Å²) < 4.78 is 26.9. The molecule has 10 nitrogen and oxygen atoms in total. The van der Waals surface area contributed by atoms with Gasteiger partial charge in [0.05, 0.1) is 23.3 Å². The summed E-state index contributed by atoms with van der Waals surface area (Å²) >= 11 is 0. The first-order valence-electron chi connectivity index (χ1n) is 8.83. The van der Waals surface area contributed by atoms with Gasteiger partial charge in [-0.3, -0.25) is 9.48 Å². The molecule has 2 aromatic heterocycles. The fourth-order valence-corrected chi connectivity index (χ4v) is 3.98. The molecule has 0 aromatic carbocycles. The lowest BCUT2D eigenvalue weighted by Crippen LogP contribution is -2.35. The highest BCUT2D eigenvalue weighted by Gasteiger charge is 2.24. The highest BCUT2D eigenvalue weighted by Crippen LogP contribution is 2.23. The summed E-state index contributed by atoms with van der Waals surface area (Å²) in [4.78, 5) is 21.1. The van der Waals surface area contributed by atoms with Crippen LogP contribution in [0.3, 0.4) is 0 Å². The van der Waals surface area contributed by atoms with E-state index in [4.69, 9.17) is 5.73 Å². The van der Waals surface area contributed by atoms with E-state index >= 15 is 0 Å². The van der Waals surface area contributed by atoms with Crippen molar-refractivity contribution >= 4 is 33.1 Å². The van der Waals surface area contributed by atoms with E-state index in [9.17, 15) is 13.2 Å². The Bertz CT molecular complexity index is 1040. The molecule has 3 rings (SSSR count). The third-order valence-corrected chi connectivity index (χ3v) is 6.37. The molecular weight excluding hydrogens is 382 g/mol. The van der Waals surface area contributed by atoms with Crippen molar-refractivity contribution in [2.24, 2.45) is 7.05 Å². The number of nitrogen functional groups attached to an aromatic ring is 1. The van der Waals surface area contributed by atoms with E-state index in [1.54, 1.807) is 30.8 Å². The van der Waals surface area contributed by atoms with Crippen molar-refractivity contribution in [1.29, 1.82) is 0 Å². The molecule has 0 bridgehead atoms. The molecule has 28 heavy (non-hydrogen) atoms. The number of aryl methyl sites for hydroxylation is 2. The highest BCUT2D eigenvalue weighted by molar-refractivity contribution is 7.89. The van der Waals surface area contributed by atoms with Crippen LogP contribution in [-0.2, 0) is 17.1 Å². The van der Waals surface area contributed by atoms with Gasteiger partial charge in [-0.1, -0.05) is 6.08 Å². The van der Waals surface area contributed by atoms with Crippen LogP contribution in [0, 0.1) is 6.92 Å². The first-order chi connectivity index (χ1) is 13.2. The zero-order chi connectivity index (χ0) is 20.5. The minimum absolute atomic E-state index is 0.0147. The number of anilines is 2. The number of sulfonamides is 1.